The largest absolute Gasteiger partial charge is 0.384 e. The number of anilines is 1. The van der Waals surface area contributed by atoms with E-state index in [0.29, 0.717) is 6.04 Å². The Morgan fingerprint density at radius 1 is 1.41 bits per heavy atom. The Balaban J connectivity index is 2.00. The van der Waals surface area contributed by atoms with Gasteiger partial charge in [-0.25, -0.2) is 0 Å². The molecule has 2 unspecified atom stereocenters. The van der Waals surface area contributed by atoms with Crippen LogP contribution in [0.25, 0.3) is 0 Å². The van der Waals surface area contributed by atoms with Crippen LogP contribution in [0.4, 0.5) is 5.69 Å². The van der Waals surface area contributed by atoms with Crippen LogP contribution < -0.4 is 10.6 Å². The standard InChI is InChI=1S/C14H19N3/c1-9-2-5-13(12(6-9)14(15)16)17-8-10-3-4-11(17)7-10/h2,5-6,10-11H,3-4,7-8H2,1H3,(H3,15,16). The van der Waals surface area contributed by atoms with Crippen molar-refractivity contribution in [3.8, 4) is 0 Å². The van der Waals surface area contributed by atoms with E-state index < -0.39 is 0 Å². The van der Waals surface area contributed by atoms with E-state index in [4.69, 9.17) is 11.1 Å². The molecule has 1 saturated carbocycles. The highest BCUT2D eigenvalue weighted by atomic mass is 15.2. The zero-order valence-corrected chi connectivity index (χ0v) is 10.2. The van der Waals surface area contributed by atoms with Crippen LogP contribution in [0.1, 0.15) is 30.4 Å². The number of hydrogen-bond acceptors (Lipinski definition) is 2. The van der Waals surface area contributed by atoms with E-state index in [2.05, 4.69) is 17.0 Å². The molecule has 3 rings (SSSR count). The molecule has 1 aliphatic heterocycles. The third-order valence-electron chi connectivity index (χ3n) is 4.16. The van der Waals surface area contributed by atoms with Gasteiger partial charge >= 0.3 is 0 Å². The minimum Gasteiger partial charge on any atom is -0.384 e. The second kappa shape index (κ2) is 3.76. The van der Waals surface area contributed by atoms with Crippen molar-refractivity contribution >= 4 is 11.5 Å². The Morgan fingerprint density at radius 3 is 2.82 bits per heavy atom. The van der Waals surface area contributed by atoms with Gasteiger partial charge in [0.25, 0.3) is 0 Å². The second-order valence-electron chi connectivity index (χ2n) is 5.42. The van der Waals surface area contributed by atoms with E-state index >= 15 is 0 Å². The first-order valence-corrected chi connectivity index (χ1v) is 6.37. The quantitative estimate of drug-likeness (QED) is 0.604. The molecule has 1 aliphatic carbocycles. The molecule has 90 valence electrons. The summed E-state index contributed by atoms with van der Waals surface area (Å²) in [7, 11) is 0. The van der Waals surface area contributed by atoms with Gasteiger partial charge in [-0.2, -0.15) is 0 Å². The smallest absolute Gasteiger partial charge is 0.124 e. The number of nitrogens with zero attached hydrogens (tertiary/aromatic N) is 1. The molecule has 1 saturated heterocycles. The fourth-order valence-corrected chi connectivity index (χ4v) is 3.34. The van der Waals surface area contributed by atoms with Crippen molar-refractivity contribution in [1.82, 2.24) is 0 Å². The minimum absolute atomic E-state index is 0.187. The zero-order chi connectivity index (χ0) is 12.0. The van der Waals surface area contributed by atoms with Gasteiger partial charge < -0.3 is 10.6 Å². The topological polar surface area (TPSA) is 53.1 Å². The van der Waals surface area contributed by atoms with Gasteiger partial charge in [-0.05, 0) is 44.2 Å². The van der Waals surface area contributed by atoms with Crippen LogP contribution in [0.15, 0.2) is 18.2 Å². The van der Waals surface area contributed by atoms with Crippen LogP contribution in [-0.4, -0.2) is 18.4 Å². The molecule has 1 aromatic rings. The number of hydrogen-bond donors (Lipinski definition) is 2. The van der Waals surface area contributed by atoms with Crippen molar-refractivity contribution in [2.24, 2.45) is 11.7 Å². The number of nitrogen functional groups attached to an aromatic ring is 1. The molecule has 3 nitrogen and oxygen atoms in total. The van der Waals surface area contributed by atoms with Crippen LogP contribution in [0.3, 0.4) is 0 Å². The normalized spacial score (nSPS) is 26.5. The molecular formula is C14H19N3. The lowest BCUT2D eigenvalue weighted by atomic mass is 10.0. The average Bonchev–Trinajstić information content (AvgIpc) is 2.90. The fourth-order valence-electron chi connectivity index (χ4n) is 3.34. The van der Waals surface area contributed by atoms with E-state index in [1.807, 2.05) is 13.0 Å². The zero-order valence-electron chi connectivity index (χ0n) is 10.2. The van der Waals surface area contributed by atoms with Crippen LogP contribution in [0.2, 0.25) is 0 Å². The molecule has 3 heteroatoms. The van der Waals surface area contributed by atoms with Crippen molar-refractivity contribution in [2.45, 2.75) is 32.2 Å². The van der Waals surface area contributed by atoms with Crippen molar-refractivity contribution < 1.29 is 0 Å². The van der Waals surface area contributed by atoms with Crippen molar-refractivity contribution in [2.75, 3.05) is 11.4 Å². The molecule has 17 heavy (non-hydrogen) atoms. The molecule has 0 radical (unpaired) electrons. The molecule has 3 N–H and O–H groups in total. The first kappa shape index (κ1) is 10.6. The van der Waals surface area contributed by atoms with Crippen LogP contribution in [0.5, 0.6) is 0 Å². The second-order valence-corrected chi connectivity index (χ2v) is 5.42. The van der Waals surface area contributed by atoms with Crippen LogP contribution in [0, 0.1) is 18.3 Å². The Morgan fingerprint density at radius 2 is 2.24 bits per heavy atom. The minimum atomic E-state index is 0.187. The van der Waals surface area contributed by atoms with E-state index in [-0.39, 0.29) is 5.84 Å². The maximum absolute atomic E-state index is 7.72. The fraction of sp³-hybridized carbons (Fsp3) is 0.500. The Hall–Kier alpha value is -1.51. The number of nitrogens with one attached hydrogen (secondary N) is 1. The highest BCUT2D eigenvalue weighted by molar-refractivity contribution is 6.00. The molecule has 1 aromatic carbocycles. The first-order valence-electron chi connectivity index (χ1n) is 6.37. The molecule has 2 atom stereocenters. The molecule has 2 bridgehead atoms. The Kier molecular flexibility index (Phi) is 2.35. The summed E-state index contributed by atoms with van der Waals surface area (Å²) in [5.74, 6) is 1.05. The highest BCUT2D eigenvalue weighted by Gasteiger charge is 2.38. The predicted octanol–water partition coefficient (Wildman–Crippen LogP) is 2.27. The number of aryl methyl sites for hydroxylation is 1. The van der Waals surface area contributed by atoms with E-state index in [1.165, 1.54) is 24.8 Å². The number of rotatable bonds is 2. The summed E-state index contributed by atoms with van der Waals surface area (Å²) in [5.41, 5.74) is 8.94. The summed E-state index contributed by atoms with van der Waals surface area (Å²) in [4.78, 5) is 2.46. The molecule has 2 aliphatic rings. The number of fused-ring (bicyclic) bond motifs is 2. The van der Waals surface area contributed by atoms with E-state index in [9.17, 15) is 0 Å². The van der Waals surface area contributed by atoms with Crippen molar-refractivity contribution in [1.29, 1.82) is 5.41 Å². The number of amidine groups is 1. The maximum atomic E-state index is 7.72. The van der Waals surface area contributed by atoms with Gasteiger partial charge in [0.2, 0.25) is 0 Å². The lowest BCUT2D eigenvalue weighted by Crippen LogP contribution is -2.33. The molecule has 0 spiro atoms. The summed E-state index contributed by atoms with van der Waals surface area (Å²) < 4.78 is 0. The summed E-state index contributed by atoms with van der Waals surface area (Å²) >= 11 is 0. The molecule has 0 aromatic heterocycles. The van der Waals surface area contributed by atoms with Crippen molar-refractivity contribution in [3.63, 3.8) is 0 Å². The summed E-state index contributed by atoms with van der Waals surface area (Å²) in [6.07, 6.45) is 4.00. The van der Waals surface area contributed by atoms with Gasteiger partial charge in [-0.15, -0.1) is 0 Å². The molecular weight excluding hydrogens is 210 g/mol. The van der Waals surface area contributed by atoms with Gasteiger partial charge in [-0.1, -0.05) is 11.6 Å². The van der Waals surface area contributed by atoms with Crippen LogP contribution in [-0.2, 0) is 0 Å². The Bertz CT molecular complexity index is 467. The van der Waals surface area contributed by atoms with Gasteiger partial charge in [0.1, 0.15) is 5.84 Å². The average molecular weight is 229 g/mol. The third kappa shape index (κ3) is 1.70. The molecule has 0 amide bonds. The first-order chi connectivity index (χ1) is 8.15. The van der Waals surface area contributed by atoms with Gasteiger partial charge in [0, 0.05) is 23.8 Å². The predicted molar refractivity (Wildman–Crippen MR) is 70.7 cm³/mol. The maximum Gasteiger partial charge on any atom is 0.124 e. The van der Waals surface area contributed by atoms with Crippen LogP contribution >= 0.6 is 0 Å². The monoisotopic (exact) mass is 229 g/mol. The molecule has 2 fully saturated rings. The number of nitrogens with two attached hydrogens (primary N) is 1. The highest BCUT2D eigenvalue weighted by Crippen LogP contribution is 2.41. The van der Waals surface area contributed by atoms with E-state index in [1.54, 1.807) is 0 Å². The lowest BCUT2D eigenvalue weighted by Gasteiger charge is -2.31. The van der Waals surface area contributed by atoms with Gasteiger partial charge in [0.15, 0.2) is 0 Å². The Labute approximate surface area is 102 Å². The SMILES string of the molecule is Cc1ccc(N2CC3CCC2C3)c(C(=N)N)c1. The van der Waals surface area contributed by atoms with Crippen molar-refractivity contribution in [3.05, 3.63) is 29.3 Å². The van der Waals surface area contributed by atoms with E-state index in [0.717, 1.165) is 23.7 Å². The van der Waals surface area contributed by atoms with Gasteiger partial charge in [0.05, 0.1) is 0 Å². The molecule has 1 heterocycles. The lowest BCUT2D eigenvalue weighted by molar-refractivity contribution is 0.553. The number of benzene rings is 1. The summed E-state index contributed by atoms with van der Waals surface area (Å²) in [6.45, 7) is 3.19. The summed E-state index contributed by atoms with van der Waals surface area (Å²) in [5, 5.41) is 7.72. The summed E-state index contributed by atoms with van der Waals surface area (Å²) in [6, 6.07) is 6.96. The van der Waals surface area contributed by atoms with Gasteiger partial charge in [-0.3, -0.25) is 5.41 Å². The number of piperidine rings is 1. The third-order valence-corrected chi connectivity index (χ3v) is 4.16.